The summed E-state index contributed by atoms with van der Waals surface area (Å²) >= 11 is 0. The fourth-order valence-corrected chi connectivity index (χ4v) is 3.32. The minimum atomic E-state index is -0.357. The number of hydrogen-bond donors (Lipinski definition) is 1. The summed E-state index contributed by atoms with van der Waals surface area (Å²) in [6, 6.07) is 5.34. The van der Waals surface area contributed by atoms with Crippen LogP contribution in [0.25, 0.3) is 0 Å². The van der Waals surface area contributed by atoms with E-state index in [0.29, 0.717) is 18.8 Å². The molecule has 1 amide bonds. The van der Waals surface area contributed by atoms with E-state index in [-0.39, 0.29) is 18.7 Å². The first-order chi connectivity index (χ1) is 11.6. The number of H-pyrrole nitrogens is 1. The van der Waals surface area contributed by atoms with Gasteiger partial charge in [-0.3, -0.25) is 9.69 Å². The van der Waals surface area contributed by atoms with E-state index < -0.39 is 0 Å². The average Bonchev–Trinajstić information content (AvgIpc) is 3.22. The van der Waals surface area contributed by atoms with Crippen molar-refractivity contribution in [2.45, 2.75) is 19.0 Å². The Hall–Kier alpha value is -2.54. The fourth-order valence-electron chi connectivity index (χ4n) is 3.32. The van der Waals surface area contributed by atoms with Gasteiger partial charge >= 0.3 is 0 Å². The number of nitrogens with one attached hydrogen (secondary N) is 1. The van der Waals surface area contributed by atoms with Crippen molar-refractivity contribution in [1.82, 2.24) is 19.8 Å². The van der Waals surface area contributed by atoms with Gasteiger partial charge in [-0.05, 0) is 31.8 Å². The van der Waals surface area contributed by atoms with Crippen LogP contribution in [0.2, 0.25) is 0 Å². The number of amides is 1. The van der Waals surface area contributed by atoms with Gasteiger partial charge in [-0.25, -0.2) is 4.98 Å². The molecular formula is C17H20N4O3. The average molecular weight is 328 g/mol. The van der Waals surface area contributed by atoms with Gasteiger partial charge in [0.15, 0.2) is 11.5 Å². The number of likely N-dealkylation sites (N-methyl/N-ethyl adjacent to an activating group) is 1. The largest absolute Gasteiger partial charge is 0.454 e. The second kappa shape index (κ2) is 5.83. The Morgan fingerprint density at radius 1 is 1.33 bits per heavy atom. The van der Waals surface area contributed by atoms with Gasteiger partial charge in [-0.15, -0.1) is 0 Å². The van der Waals surface area contributed by atoms with Crippen molar-refractivity contribution in [3.8, 4) is 11.5 Å². The number of nitrogens with zero attached hydrogens (tertiary/aromatic N) is 3. The van der Waals surface area contributed by atoms with Gasteiger partial charge in [-0.2, -0.15) is 0 Å². The number of carbonyl (C=O) groups is 1. The Morgan fingerprint density at radius 3 is 3.00 bits per heavy atom. The van der Waals surface area contributed by atoms with Crippen LogP contribution in [0.4, 0.5) is 0 Å². The Balaban J connectivity index is 1.60. The first kappa shape index (κ1) is 15.0. The molecule has 7 heteroatoms. The van der Waals surface area contributed by atoms with Crippen molar-refractivity contribution in [3.63, 3.8) is 0 Å². The Labute approximate surface area is 140 Å². The number of carbonyl (C=O) groups excluding carboxylic acids is 1. The zero-order valence-electron chi connectivity index (χ0n) is 13.8. The smallest absolute Gasteiger partial charge is 0.244 e. The second-order valence-corrected chi connectivity index (χ2v) is 6.32. The lowest BCUT2D eigenvalue weighted by atomic mass is 10.0. The zero-order chi connectivity index (χ0) is 16.7. The highest BCUT2D eigenvalue weighted by molar-refractivity contribution is 5.83. The van der Waals surface area contributed by atoms with Gasteiger partial charge in [0, 0.05) is 13.0 Å². The minimum Gasteiger partial charge on any atom is -0.454 e. The lowest BCUT2D eigenvalue weighted by Gasteiger charge is -2.33. The van der Waals surface area contributed by atoms with Crippen LogP contribution in [0.1, 0.15) is 23.0 Å². The zero-order valence-corrected chi connectivity index (χ0v) is 13.8. The molecular weight excluding hydrogens is 308 g/mol. The molecule has 24 heavy (non-hydrogen) atoms. The van der Waals surface area contributed by atoms with E-state index in [0.717, 1.165) is 29.1 Å². The highest BCUT2D eigenvalue weighted by Crippen LogP contribution is 2.35. The summed E-state index contributed by atoms with van der Waals surface area (Å²) in [5.74, 6) is 1.50. The molecule has 3 heterocycles. The lowest BCUT2D eigenvalue weighted by molar-refractivity contribution is -0.137. The molecule has 2 aromatic rings. The van der Waals surface area contributed by atoms with Crippen LogP contribution < -0.4 is 9.47 Å². The van der Waals surface area contributed by atoms with E-state index in [2.05, 4.69) is 9.97 Å². The first-order valence-electron chi connectivity index (χ1n) is 7.99. The maximum absolute atomic E-state index is 13.1. The normalized spacial score (nSPS) is 17.0. The van der Waals surface area contributed by atoms with Gasteiger partial charge in [0.2, 0.25) is 12.7 Å². The molecule has 0 bridgehead atoms. The van der Waals surface area contributed by atoms with Crippen LogP contribution in [0.3, 0.4) is 0 Å². The third kappa shape index (κ3) is 2.50. The first-order valence-corrected chi connectivity index (χ1v) is 7.99. The van der Waals surface area contributed by atoms with E-state index in [1.165, 1.54) is 0 Å². The number of imidazole rings is 1. The molecule has 0 radical (unpaired) electrons. The molecule has 1 N–H and O–H groups in total. The maximum atomic E-state index is 13.1. The standard InChI is InChI=1S/C17H20N4O3/c1-20(2)16(11-3-4-14-15(7-11)24-10-23-14)17(22)21-6-5-12-13(8-21)19-9-18-12/h3-4,7,9,16H,5-6,8,10H2,1-2H3,(H,18,19)/t16-/m1/s1. The van der Waals surface area contributed by atoms with Gasteiger partial charge in [0.25, 0.3) is 0 Å². The molecule has 0 unspecified atom stereocenters. The second-order valence-electron chi connectivity index (χ2n) is 6.32. The number of aromatic nitrogens is 2. The van der Waals surface area contributed by atoms with Crippen molar-refractivity contribution in [2.75, 3.05) is 27.4 Å². The molecule has 1 atom stereocenters. The third-order valence-electron chi connectivity index (χ3n) is 4.55. The topological polar surface area (TPSA) is 70.7 Å². The van der Waals surface area contributed by atoms with E-state index in [1.54, 1.807) is 6.33 Å². The molecule has 0 fully saturated rings. The molecule has 4 rings (SSSR count). The summed E-state index contributed by atoms with van der Waals surface area (Å²) in [5.41, 5.74) is 2.99. The predicted octanol–water partition coefficient (Wildman–Crippen LogP) is 1.33. The third-order valence-corrected chi connectivity index (χ3v) is 4.55. The molecule has 0 saturated carbocycles. The van der Waals surface area contributed by atoms with Crippen LogP contribution in [0.5, 0.6) is 11.5 Å². The molecule has 2 aliphatic heterocycles. The molecule has 1 aromatic carbocycles. The fraction of sp³-hybridized carbons (Fsp3) is 0.412. The van der Waals surface area contributed by atoms with Crippen molar-refractivity contribution in [1.29, 1.82) is 0 Å². The van der Waals surface area contributed by atoms with Crippen LogP contribution >= 0.6 is 0 Å². The SMILES string of the molecule is CN(C)[C@@H](C(=O)N1CCc2nc[nH]c2C1)c1ccc2c(c1)OCO2. The van der Waals surface area contributed by atoms with Crippen LogP contribution in [0, 0.1) is 0 Å². The number of rotatable bonds is 3. The number of benzene rings is 1. The highest BCUT2D eigenvalue weighted by atomic mass is 16.7. The molecule has 0 spiro atoms. The van der Waals surface area contributed by atoms with Crippen molar-refractivity contribution < 1.29 is 14.3 Å². The van der Waals surface area contributed by atoms with Gasteiger partial charge in [-0.1, -0.05) is 6.07 Å². The van der Waals surface area contributed by atoms with Gasteiger partial charge in [0.05, 0.1) is 24.3 Å². The predicted molar refractivity (Wildman–Crippen MR) is 86.7 cm³/mol. The van der Waals surface area contributed by atoms with E-state index in [9.17, 15) is 4.79 Å². The van der Waals surface area contributed by atoms with Crippen molar-refractivity contribution >= 4 is 5.91 Å². The van der Waals surface area contributed by atoms with Crippen LogP contribution in [-0.4, -0.2) is 53.1 Å². The van der Waals surface area contributed by atoms with E-state index in [1.807, 2.05) is 42.1 Å². The summed E-state index contributed by atoms with van der Waals surface area (Å²) in [6.45, 7) is 1.49. The van der Waals surface area contributed by atoms with E-state index >= 15 is 0 Å². The Morgan fingerprint density at radius 2 is 2.17 bits per heavy atom. The summed E-state index contributed by atoms with van der Waals surface area (Å²) < 4.78 is 10.8. The number of fused-ring (bicyclic) bond motifs is 2. The number of hydrogen-bond acceptors (Lipinski definition) is 5. The highest BCUT2D eigenvalue weighted by Gasteiger charge is 2.31. The van der Waals surface area contributed by atoms with Gasteiger partial charge in [0.1, 0.15) is 6.04 Å². The van der Waals surface area contributed by atoms with Gasteiger partial charge < -0.3 is 19.4 Å². The lowest BCUT2D eigenvalue weighted by Crippen LogP contribution is -2.43. The molecule has 0 aliphatic carbocycles. The summed E-state index contributed by atoms with van der Waals surface area (Å²) in [6.07, 6.45) is 2.48. The summed E-state index contributed by atoms with van der Waals surface area (Å²) in [4.78, 5) is 24.4. The molecule has 126 valence electrons. The van der Waals surface area contributed by atoms with Crippen molar-refractivity contribution in [2.24, 2.45) is 0 Å². The van der Waals surface area contributed by atoms with Crippen LogP contribution in [0.15, 0.2) is 24.5 Å². The minimum absolute atomic E-state index is 0.0825. The molecule has 7 nitrogen and oxygen atoms in total. The van der Waals surface area contributed by atoms with E-state index in [4.69, 9.17) is 9.47 Å². The summed E-state index contributed by atoms with van der Waals surface area (Å²) in [5, 5.41) is 0. The summed E-state index contributed by atoms with van der Waals surface area (Å²) in [7, 11) is 3.83. The molecule has 1 aromatic heterocycles. The Bertz CT molecular complexity index is 771. The maximum Gasteiger partial charge on any atom is 0.244 e. The molecule has 2 aliphatic rings. The van der Waals surface area contributed by atoms with Crippen LogP contribution in [-0.2, 0) is 17.8 Å². The monoisotopic (exact) mass is 328 g/mol. The quantitative estimate of drug-likeness (QED) is 0.920. The van der Waals surface area contributed by atoms with Crippen molar-refractivity contribution in [3.05, 3.63) is 41.5 Å². The number of ether oxygens (including phenoxy) is 2. The number of aromatic amines is 1. The molecule has 0 saturated heterocycles. The Kier molecular flexibility index (Phi) is 3.65.